The van der Waals surface area contributed by atoms with E-state index >= 15 is 0 Å². The van der Waals surface area contributed by atoms with Crippen LogP contribution in [0.5, 0.6) is 0 Å². The number of carbonyl (C=O) groups excluding carboxylic acids is 1. The van der Waals surface area contributed by atoms with Crippen LogP contribution in [-0.2, 0) is 0 Å². The smallest absolute Gasteiger partial charge is 0.337 e. The predicted octanol–water partition coefficient (Wildman–Crippen LogP) is 2.33. The van der Waals surface area contributed by atoms with Crippen LogP contribution in [0.15, 0.2) is 34.7 Å². The summed E-state index contributed by atoms with van der Waals surface area (Å²) in [6.07, 6.45) is 0.570. The summed E-state index contributed by atoms with van der Waals surface area (Å²) in [5.41, 5.74) is 0.525. The highest BCUT2D eigenvalue weighted by molar-refractivity contribution is 5.91. The molecule has 0 unspecified atom stereocenters. The Bertz CT molecular complexity index is 664. The Balaban J connectivity index is 2.51. The van der Waals surface area contributed by atoms with Gasteiger partial charge in [-0.2, -0.15) is 5.26 Å². The van der Waals surface area contributed by atoms with Crippen LogP contribution < -0.4 is 0 Å². The van der Waals surface area contributed by atoms with Crippen molar-refractivity contribution < 1.29 is 19.1 Å². The van der Waals surface area contributed by atoms with Crippen LogP contribution in [0.2, 0.25) is 0 Å². The summed E-state index contributed by atoms with van der Waals surface area (Å²) in [6.45, 7) is 0. The SMILES string of the molecule is N#Cc1cc(-c2ccc(C=O)o2)ccc1C(=O)O. The van der Waals surface area contributed by atoms with Crippen molar-refractivity contribution >= 4 is 12.3 Å². The maximum absolute atomic E-state index is 10.9. The molecule has 5 heteroatoms. The molecule has 0 spiro atoms. The van der Waals surface area contributed by atoms with E-state index < -0.39 is 5.97 Å². The largest absolute Gasteiger partial charge is 0.478 e. The van der Waals surface area contributed by atoms with Gasteiger partial charge in [-0.15, -0.1) is 0 Å². The zero-order chi connectivity index (χ0) is 13.1. The van der Waals surface area contributed by atoms with Gasteiger partial charge in [-0.05, 0) is 24.3 Å². The van der Waals surface area contributed by atoms with Gasteiger partial charge in [0.15, 0.2) is 12.0 Å². The molecule has 0 bridgehead atoms. The predicted molar refractivity (Wildman–Crippen MR) is 61.2 cm³/mol. The normalized spacial score (nSPS) is 9.72. The van der Waals surface area contributed by atoms with Gasteiger partial charge in [0.05, 0.1) is 11.1 Å². The maximum Gasteiger partial charge on any atom is 0.337 e. The van der Waals surface area contributed by atoms with Crippen molar-refractivity contribution in [3.63, 3.8) is 0 Å². The second-order valence-electron chi connectivity index (χ2n) is 3.50. The third kappa shape index (κ3) is 1.99. The molecule has 1 N–H and O–H groups in total. The van der Waals surface area contributed by atoms with Gasteiger partial charge >= 0.3 is 5.97 Å². The Labute approximate surface area is 102 Å². The Morgan fingerprint density at radius 2 is 2.11 bits per heavy atom. The first-order valence-electron chi connectivity index (χ1n) is 4.98. The van der Waals surface area contributed by atoms with Crippen molar-refractivity contribution in [2.45, 2.75) is 0 Å². The summed E-state index contributed by atoms with van der Waals surface area (Å²) < 4.78 is 5.19. The number of hydrogen-bond acceptors (Lipinski definition) is 4. The number of carboxylic acid groups (broad SMARTS) is 1. The van der Waals surface area contributed by atoms with E-state index in [0.717, 1.165) is 0 Å². The van der Waals surface area contributed by atoms with Crippen molar-refractivity contribution in [3.8, 4) is 17.4 Å². The highest BCUT2D eigenvalue weighted by atomic mass is 16.4. The fourth-order valence-electron chi connectivity index (χ4n) is 1.55. The molecular formula is C13H7NO4. The van der Waals surface area contributed by atoms with Crippen LogP contribution in [0.4, 0.5) is 0 Å². The van der Waals surface area contributed by atoms with E-state index in [-0.39, 0.29) is 16.9 Å². The number of aromatic carboxylic acids is 1. The van der Waals surface area contributed by atoms with Crippen LogP contribution in [0.3, 0.4) is 0 Å². The number of carbonyl (C=O) groups is 2. The maximum atomic E-state index is 10.9. The van der Waals surface area contributed by atoms with Gasteiger partial charge in [-0.1, -0.05) is 6.07 Å². The van der Waals surface area contributed by atoms with Gasteiger partial charge in [0.1, 0.15) is 11.8 Å². The lowest BCUT2D eigenvalue weighted by molar-refractivity contribution is 0.0696. The molecule has 88 valence electrons. The first-order chi connectivity index (χ1) is 8.65. The highest BCUT2D eigenvalue weighted by Crippen LogP contribution is 2.24. The third-order valence-corrected chi connectivity index (χ3v) is 2.40. The van der Waals surface area contributed by atoms with Crippen LogP contribution in [0.1, 0.15) is 26.5 Å². The van der Waals surface area contributed by atoms with Gasteiger partial charge in [0.25, 0.3) is 0 Å². The minimum atomic E-state index is -1.16. The topological polar surface area (TPSA) is 91.3 Å². The summed E-state index contributed by atoms with van der Waals surface area (Å²) >= 11 is 0. The van der Waals surface area contributed by atoms with E-state index in [1.807, 2.05) is 6.07 Å². The lowest BCUT2D eigenvalue weighted by Crippen LogP contribution is -1.99. The summed E-state index contributed by atoms with van der Waals surface area (Å²) in [4.78, 5) is 21.4. The Hall–Kier alpha value is -2.87. The molecule has 0 radical (unpaired) electrons. The lowest BCUT2D eigenvalue weighted by atomic mass is 10.0. The quantitative estimate of drug-likeness (QED) is 0.832. The first kappa shape index (κ1) is 11.6. The number of furan rings is 1. The molecule has 0 aliphatic rings. The molecule has 1 aromatic heterocycles. The average molecular weight is 241 g/mol. The number of aldehydes is 1. The second kappa shape index (κ2) is 4.55. The lowest BCUT2D eigenvalue weighted by Gasteiger charge is -2.01. The van der Waals surface area contributed by atoms with Crippen molar-refractivity contribution in [2.75, 3.05) is 0 Å². The Kier molecular flexibility index (Phi) is 2.94. The van der Waals surface area contributed by atoms with Crippen LogP contribution >= 0.6 is 0 Å². The summed E-state index contributed by atoms with van der Waals surface area (Å²) in [7, 11) is 0. The van der Waals surface area contributed by atoms with Gasteiger partial charge in [0, 0.05) is 5.56 Å². The Morgan fingerprint density at radius 1 is 1.33 bits per heavy atom. The van der Waals surface area contributed by atoms with Gasteiger partial charge < -0.3 is 9.52 Å². The number of rotatable bonds is 3. The molecule has 2 aromatic rings. The van der Waals surface area contributed by atoms with E-state index in [4.69, 9.17) is 14.8 Å². The van der Waals surface area contributed by atoms with E-state index in [1.54, 1.807) is 6.07 Å². The Morgan fingerprint density at radius 3 is 2.67 bits per heavy atom. The molecule has 0 fully saturated rings. The number of benzene rings is 1. The summed E-state index contributed by atoms with van der Waals surface area (Å²) in [5.74, 6) is -0.581. The number of nitrogens with zero attached hydrogens (tertiary/aromatic N) is 1. The third-order valence-electron chi connectivity index (χ3n) is 2.40. The van der Waals surface area contributed by atoms with E-state index in [1.165, 1.54) is 24.3 Å². The van der Waals surface area contributed by atoms with Crippen molar-refractivity contribution in [2.24, 2.45) is 0 Å². The molecule has 0 saturated carbocycles. The number of carboxylic acids is 1. The van der Waals surface area contributed by atoms with Crippen molar-refractivity contribution in [1.82, 2.24) is 0 Å². The molecule has 0 aliphatic heterocycles. The monoisotopic (exact) mass is 241 g/mol. The highest BCUT2D eigenvalue weighted by Gasteiger charge is 2.12. The van der Waals surface area contributed by atoms with Crippen molar-refractivity contribution in [1.29, 1.82) is 5.26 Å². The van der Waals surface area contributed by atoms with Gasteiger partial charge in [-0.3, -0.25) is 4.79 Å². The number of nitriles is 1. The molecule has 0 atom stereocenters. The average Bonchev–Trinajstić information content (AvgIpc) is 2.86. The molecule has 1 aromatic carbocycles. The molecular weight excluding hydrogens is 234 g/mol. The van der Waals surface area contributed by atoms with Crippen LogP contribution in [0, 0.1) is 11.3 Å². The molecule has 2 rings (SSSR count). The molecule has 0 amide bonds. The fourth-order valence-corrected chi connectivity index (χ4v) is 1.55. The summed E-state index contributed by atoms with van der Waals surface area (Å²) in [6, 6.07) is 9.17. The van der Waals surface area contributed by atoms with E-state index in [9.17, 15) is 9.59 Å². The minimum Gasteiger partial charge on any atom is -0.478 e. The summed E-state index contributed by atoms with van der Waals surface area (Å²) in [5, 5.41) is 17.8. The minimum absolute atomic E-state index is 0.0454. The van der Waals surface area contributed by atoms with Crippen LogP contribution in [0.25, 0.3) is 11.3 Å². The van der Waals surface area contributed by atoms with E-state index in [0.29, 0.717) is 17.6 Å². The molecule has 5 nitrogen and oxygen atoms in total. The fraction of sp³-hybridized carbons (Fsp3) is 0. The zero-order valence-corrected chi connectivity index (χ0v) is 9.08. The number of hydrogen-bond donors (Lipinski definition) is 1. The standard InChI is InChI=1S/C13H7NO4/c14-6-9-5-8(1-3-11(9)13(16)17)12-4-2-10(7-15)18-12/h1-5,7H,(H,16,17). The molecule has 0 aliphatic carbocycles. The second-order valence-corrected chi connectivity index (χ2v) is 3.50. The van der Waals surface area contributed by atoms with Gasteiger partial charge in [-0.25, -0.2) is 4.79 Å². The molecule has 18 heavy (non-hydrogen) atoms. The molecule has 0 saturated heterocycles. The van der Waals surface area contributed by atoms with E-state index in [2.05, 4.69) is 0 Å². The first-order valence-corrected chi connectivity index (χ1v) is 4.98. The van der Waals surface area contributed by atoms with Crippen molar-refractivity contribution in [3.05, 3.63) is 47.2 Å². The molecule has 1 heterocycles. The van der Waals surface area contributed by atoms with Crippen LogP contribution in [-0.4, -0.2) is 17.4 Å². The van der Waals surface area contributed by atoms with Gasteiger partial charge in [0.2, 0.25) is 0 Å². The zero-order valence-electron chi connectivity index (χ0n) is 9.08.